The molecule has 0 aromatic heterocycles. The molecule has 4 rings (SSSR count). The molecule has 3 fully saturated rings. The Bertz CT molecular complexity index is 731. The van der Waals surface area contributed by atoms with Gasteiger partial charge in [0, 0.05) is 38.0 Å². The first-order valence-electron chi connectivity index (χ1n) is 9.90. The van der Waals surface area contributed by atoms with Gasteiger partial charge in [0.2, 0.25) is 11.8 Å². The van der Waals surface area contributed by atoms with Crippen LogP contribution in [0.15, 0.2) is 30.3 Å². The van der Waals surface area contributed by atoms with Gasteiger partial charge in [-0.1, -0.05) is 30.3 Å². The molecule has 3 aliphatic rings. The lowest BCUT2D eigenvalue weighted by Crippen LogP contribution is -2.46. The molecule has 1 aliphatic carbocycles. The Kier molecular flexibility index (Phi) is 4.89. The Labute approximate surface area is 159 Å². The van der Waals surface area contributed by atoms with Gasteiger partial charge in [-0.25, -0.2) is 0 Å². The summed E-state index contributed by atoms with van der Waals surface area (Å²) in [5, 5.41) is 9.65. The molecule has 0 radical (unpaired) electrons. The van der Waals surface area contributed by atoms with E-state index in [-0.39, 0.29) is 36.1 Å². The van der Waals surface area contributed by atoms with E-state index >= 15 is 0 Å². The van der Waals surface area contributed by atoms with Crippen LogP contribution in [0.3, 0.4) is 0 Å². The summed E-state index contributed by atoms with van der Waals surface area (Å²) < 4.78 is 0. The van der Waals surface area contributed by atoms with Crippen molar-refractivity contribution in [2.45, 2.75) is 31.6 Å². The highest BCUT2D eigenvalue weighted by Gasteiger charge is 2.43. The van der Waals surface area contributed by atoms with E-state index in [1.165, 1.54) is 0 Å². The Balaban J connectivity index is 1.45. The predicted octanol–water partition coefficient (Wildman–Crippen LogP) is 1.96. The first-order chi connectivity index (χ1) is 13.0. The van der Waals surface area contributed by atoms with E-state index in [0.717, 1.165) is 37.8 Å². The molecule has 1 unspecified atom stereocenters. The van der Waals surface area contributed by atoms with Crippen LogP contribution in [0.25, 0.3) is 0 Å². The van der Waals surface area contributed by atoms with E-state index in [2.05, 4.69) is 0 Å². The summed E-state index contributed by atoms with van der Waals surface area (Å²) >= 11 is 0. The third-order valence-corrected chi connectivity index (χ3v) is 6.19. The lowest BCUT2D eigenvalue weighted by atomic mass is 9.89. The summed E-state index contributed by atoms with van der Waals surface area (Å²) in [6.07, 6.45) is 3.56. The summed E-state index contributed by atoms with van der Waals surface area (Å²) in [7, 11) is 0. The van der Waals surface area contributed by atoms with Crippen molar-refractivity contribution >= 4 is 17.8 Å². The van der Waals surface area contributed by atoms with Crippen LogP contribution in [0.4, 0.5) is 0 Å². The number of carbonyl (C=O) groups excluding carboxylic acids is 2. The van der Waals surface area contributed by atoms with Gasteiger partial charge in [-0.2, -0.15) is 0 Å². The molecule has 144 valence electrons. The summed E-state index contributed by atoms with van der Waals surface area (Å²) in [6.45, 7) is 1.91. The van der Waals surface area contributed by atoms with Crippen LogP contribution >= 0.6 is 0 Å². The molecule has 1 saturated carbocycles. The van der Waals surface area contributed by atoms with E-state index in [1.54, 1.807) is 4.90 Å². The smallest absolute Gasteiger partial charge is 0.308 e. The molecule has 1 N–H and O–H groups in total. The van der Waals surface area contributed by atoms with Crippen molar-refractivity contribution in [1.29, 1.82) is 0 Å². The highest BCUT2D eigenvalue weighted by Crippen LogP contribution is 2.36. The maximum atomic E-state index is 13.1. The van der Waals surface area contributed by atoms with Gasteiger partial charge < -0.3 is 14.9 Å². The fourth-order valence-electron chi connectivity index (χ4n) is 4.50. The lowest BCUT2D eigenvalue weighted by molar-refractivity contribution is -0.142. The number of nitrogens with zero attached hydrogens (tertiary/aromatic N) is 2. The van der Waals surface area contributed by atoms with Crippen LogP contribution in [0, 0.1) is 17.8 Å². The number of amides is 2. The number of carboxylic acid groups (broad SMARTS) is 1. The van der Waals surface area contributed by atoms with Gasteiger partial charge >= 0.3 is 5.97 Å². The van der Waals surface area contributed by atoms with Crippen LogP contribution in [-0.2, 0) is 14.4 Å². The molecular formula is C21H26N2O4. The number of rotatable bonds is 4. The molecule has 2 saturated heterocycles. The Hall–Kier alpha value is -2.37. The Morgan fingerprint density at radius 2 is 1.56 bits per heavy atom. The minimum Gasteiger partial charge on any atom is -0.481 e. The predicted molar refractivity (Wildman–Crippen MR) is 98.9 cm³/mol. The highest BCUT2D eigenvalue weighted by molar-refractivity contribution is 5.84. The maximum Gasteiger partial charge on any atom is 0.308 e. The number of benzene rings is 1. The second-order valence-corrected chi connectivity index (χ2v) is 8.10. The van der Waals surface area contributed by atoms with E-state index < -0.39 is 11.9 Å². The van der Waals surface area contributed by atoms with Crippen molar-refractivity contribution in [3.05, 3.63) is 35.9 Å². The van der Waals surface area contributed by atoms with Gasteiger partial charge in [0.15, 0.2) is 0 Å². The zero-order valence-corrected chi connectivity index (χ0v) is 15.4. The van der Waals surface area contributed by atoms with E-state index in [4.69, 9.17) is 0 Å². The highest BCUT2D eigenvalue weighted by atomic mass is 16.4. The second-order valence-electron chi connectivity index (χ2n) is 8.10. The van der Waals surface area contributed by atoms with Gasteiger partial charge in [-0.3, -0.25) is 14.4 Å². The zero-order valence-electron chi connectivity index (χ0n) is 15.4. The molecule has 2 amide bonds. The average molecular weight is 370 g/mol. The third-order valence-electron chi connectivity index (χ3n) is 6.19. The van der Waals surface area contributed by atoms with Crippen molar-refractivity contribution in [2.24, 2.45) is 17.8 Å². The normalized spacial score (nSPS) is 28.2. The van der Waals surface area contributed by atoms with Gasteiger partial charge in [0.1, 0.15) is 0 Å². The van der Waals surface area contributed by atoms with E-state index in [9.17, 15) is 19.5 Å². The Morgan fingerprint density at radius 3 is 2.22 bits per heavy atom. The molecule has 0 bridgehead atoms. The van der Waals surface area contributed by atoms with E-state index in [0.29, 0.717) is 13.1 Å². The first-order valence-corrected chi connectivity index (χ1v) is 9.90. The molecule has 1 aromatic rings. The van der Waals surface area contributed by atoms with Crippen molar-refractivity contribution < 1.29 is 19.5 Å². The van der Waals surface area contributed by atoms with Gasteiger partial charge in [-0.15, -0.1) is 0 Å². The lowest BCUT2D eigenvalue weighted by Gasteiger charge is -2.34. The van der Waals surface area contributed by atoms with Crippen LogP contribution in [0.2, 0.25) is 0 Å². The standard InChI is InChI=1S/C21H26N2O4/c24-19(15-8-9-15)22-10-4-7-16(11-22)20(25)23-12-17(18(13-23)21(26)27)14-5-2-1-3-6-14/h1-3,5-6,15-18H,4,7-13H2,(H,26,27)/t16?,17-,18-/m1/s1. The molecule has 27 heavy (non-hydrogen) atoms. The monoisotopic (exact) mass is 370 g/mol. The summed E-state index contributed by atoms with van der Waals surface area (Å²) in [6, 6.07) is 9.59. The topological polar surface area (TPSA) is 77.9 Å². The number of likely N-dealkylation sites (tertiary alicyclic amines) is 2. The number of carboxylic acids is 1. The largest absolute Gasteiger partial charge is 0.481 e. The quantitative estimate of drug-likeness (QED) is 0.879. The number of carbonyl (C=O) groups is 3. The van der Waals surface area contributed by atoms with Crippen LogP contribution in [-0.4, -0.2) is 58.9 Å². The second kappa shape index (κ2) is 7.33. The molecule has 6 nitrogen and oxygen atoms in total. The number of piperidine rings is 1. The molecular weight excluding hydrogens is 344 g/mol. The van der Waals surface area contributed by atoms with Gasteiger partial charge in [-0.05, 0) is 31.2 Å². The number of aliphatic carboxylic acids is 1. The van der Waals surface area contributed by atoms with Gasteiger partial charge in [0.25, 0.3) is 0 Å². The summed E-state index contributed by atoms with van der Waals surface area (Å²) in [5.41, 5.74) is 0.967. The van der Waals surface area contributed by atoms with Crippen LogP contribution in [0.5, 0.6) is 0 Å². The molecule has 3 atom stereocenters. The molecule has 6 heteroatoms. The van der Waals surface area contributed by atoms with Crippen molar-refractivity contribution in [2.75, 3.05) is 26.2 Å². The maximum absolute atomic E-state index is 13.1. The van der Waals surface area contributed by atoms with Crippen molar-refractivity contribution in [1.82, 2.24) is 9.80 Å². The minimum atomic E-state index is -0.853. The molecule has 1 aromatic carbocycles. The van der Waals surface area contributed by atoms with Gasteiger partial charge in [0.05, 0.1) is 11.8 Å². The Morgan fingerprint density at radius 1 is 0.852 bits per heavy atom. The molecule has 2 heterocycles. The zero-order chi connectivity index (χ0) is 19.0. The van der Waals surface area contributed by atoms with Crippen molar-refractivity contribution in [3.8, 4) is 0 Å². The SMILES string of the molecule is O=C(O)[C@@H]1CN(C(=O)C2CCCN(C(=O)C3CC3)C2)C[C@@H]1c1ccccc1. The minimum absolute atomic E-state index is 0.00739. The van der Waals surface area contributed by atoms with E-state index in [1.807, 2.05) is 35.2 Å². The fourth-order valence-corrected chi connectivity index (χ4v) is 4.50. The van der Waals surface area contributed by atoms with Crippen LogP contribution in [0.1, 0.15) is 37.2 Å². The first kappa shape index (κ1) is 18.0. The van der Waals surface area contributed by atoms with Crippen molar-refractivity contribution in [3.63, 3.8) is 0 Å². The average Bonchev–Trinajstić information content (AvgIpc) is 3.45. The fraction of sp³-hybridized carbons (Fsp3) is 0.571. The number of hydrogen-bond donors (Lipinski definition) is 1. The molecule has 2 aliphatic heterocycles. The molecule has 0 spiro atoms. The summed E-state index contributed by atoms with van der Waals surface area (Å²) in [5.74, 6) is -1.44. The number of hydrogen-bond acceptors (Lipinski definition) is 3. The van der Waals surface area contributed by atoms with Crippen LogP contribution < -0.4 is 0 Å². The summed E-state index contributed by atoms with van der Waals surface area (Å²) in [4.78, 5) is 40.8. The third kappa shape index (κ3) is 3.70.